The molecule has 1 aromatic heterocycles. The van der Waals surface area contributed by atoms with Gasteiger partial charge in [-0.15, -0.1) is 0 Å². The van der Waals surface area contributed by atoms with Crippen molar-refractivity contribution in [2.24, 2.45) is 5.92 Å². The van der Waals surface area contributed by atoms with Crippen LogP contribution in [-0.2, 0) is 17.6 Å². The van der Waals surface area contributed by atoms with Crippen molar-refractivity contribution < 1.29 is 4.79 Å². The molecule has 0 bridgehead atoms. The Bertz CT molecular complexity index is 997. The molecule has 1 aliphatic rings. The van der Waals surface area contributed by atoms with Gasteiger partial charge in [-0.1, -0.05) is 60.7 Å². The molecule has 0 N–H and O–H groups in total. The first kappa shape index (κ1) is 23.4. The summed E-state index contributed by atoms with van der Waals surface area (Å²) in [5.74, 6) is 1.78. The maximum absolute atomic E-state index is 12.9. The quantitative estimate of drug-likeness (QED) is 0.438. The third-order valence-corrected chi connectivity index (χ3v) is 7.22. The van der Waals surface area contributed by atoms with Gasteiger partial charge in [0.2, 0.25) is 11.0 Å². The highest BCUT2D eigenvalue weighted by molar-refractivity contribution is 7.09. The van der Waals surface area contributed by atoms with E-state index in [-0.39, 0.29) is 11.9 Å². The number of amides is 1. The van der Waals surface area contributed by atoms with Crippen LogP contribution < -0.4 is 4.90 Å². The van der Waals surface area contributed by atoms with Gasteiger partial charge in [0, 0.05) is 50.1 Å². The molecule has 33 heavy (non-hydrogen) atoms. The average Bonchev–Trinajstić information content (AvgIpc) is 3.28. The number of piperidine rings is 1. The van der Waals surface area contributed by atoms with Crippen molar-refractivity contribution in [3.63, 3.8) is 0 Å². The highest BCUT2D eigenvalue weighted by atomic mass is 32.1. The molecule has 1 saturated heterocycles. The van der Waals surface area contributed by atoms with Crippen LogP contribution in [-0.4, -0.2) is 45.8 Å². The summed E-state index contributed by atoms with van der Waals surface area (Å²) in [7, 11) is 0. The number of anilines is 1. The maximum atomic E-state index is 12.9. The molecule has 1 fully saturated rings. The summed E-state index contributed by atoms with van der Waals surface area (Å²) >= 11 is 1.43. The first-order valence-corrected chi connectivity index (χ1v) is 12.8. The van der Waals surface area contributed by atoms with E-state index in [0.29, 0.717) is 18.9 Å². The fourth-order valence-corrected chi connectivity index (χ4v) is 5.34. The lowest BCUT2D eigenvalue weighted by molar-refractivity contribution is -0.132. The Labute approximate surface area is 201 Å². The van der Waals surface area contributed by atoms with Gasteiger partial charge in [0.1, 0.15) is 5.82 Å². The van der Waals surface area contributed by atoms with Gasteiger partial charge in [-0.3, -0.25) is 4.79 Å². The molecule has 0 radical (unpaired) electrons. The molecule has 0 spiro atoms. The Morgan fingerprint density at radius 3 is 2.30 bits per heavy atom. The van der Waals surface area contributed by atoms with Crippen molar-refractivity contribution in [2.45, 2.75) is 52.0 Å². The highest BCUT2D eigenvalue weighted by Crippen LogP contribution is 2.24. The zero-order valence-electron chi connectivity index (χ0n) is 19.7. The molecule has 6 heteroatoms. The minimum absolute atomic E-state index is 0.257. The van der Waals surface area contributed by atoms with Crippen LogP contribution in [0.3, 0.4) is 0 Å². The lowest BCUT2D eigenvalue weighted by Crippen LogP contribution is -2.41. The number of hydrogen-bond donors (Lipinski definition) is 0. The zero-order chi connectivity index (χ0) is 23.0. The summed E-state index contributed by atoms with van der Waals surface area (Å²) in [6.45, 7) is 6.73. The summed E-state index contributed by atoms with van der Waals surface area (Å²) < 4.78 is 4.57. The number of carbonyl (C=O) groups is 1. The summed E-state index contributed by atoms with van der Waals surface area (Å²) in [6.07, 6.45) is 4.56. The van der Waals surface area contributed by atoms with E-state index in [1.54, 1.807) is 0 Å². The molecule has 4 rings (SSSR count). The van der Waals surface area contributed by atoms with Crippen LogP contribution >= 0.6 is 11.5 Å². The molecule has 174 valence electrons. The van der Waals surface area contributed by atoms with Crippen molar-refractivity contribution in [2.75, 3.05) is 24.5 Å². The van der Waals surface area contributed by atoms with Crippen LogP contribution in [0.4, 0.5) is 5.13 Å². The Morgan fingerprint density at radius 2 is 1.67 bits per heavy atom. The largest absolute Gasteiger partial charge is 0.344 e. The molecule has 2 aromatic carbocycles. The summed E-state index contributed by atoms with van der Waals surface area (Å²) in [5.41, 5.74) is 2.61. The molecule has 2 heterocycles. The van der Waals surface area contributed by atoms with Crippen molar-refractivity contribution in [3.8, 4) is 0 Å². The second-order valence-electron chi connectivity index (χ2n) is 9.21. The number of aromatic nitrogens is 2. The fourth-order valence-electron chi connectivity index (χ4n) is 4.49. The number of nitrogens with zero attached hydrogens (tertiary/aromatic N) is 4. The standard InChI is InChI=1S/C27H34N4OS/c1-21(2)31(27-28-25(29-33-27)20-23-11-7-4-8-12-23)18-15-26(32)30-16-13-24(14-17-30)19-22-9-5-3-6-10-22/h3-12,21,24H,13-20H2,1-2H3. The van der Waals surface area contributed by atoms with Gasteiger partial charge in [-0.2, -0.15) is 4.37 Å². The Balaban J connectivity index is 1.27. The van der Waals surface area contributed by atoms with Crippen molar-refractivity contribution >= 4 is 22.6 Å². The maximum Gasteiger partial charge on any atom is 0.224 e. The van der Waals surface area contributed by atoms with Gasteiger partial charge in [0.05, 0.1) is 0 Å². The molecule has 0 unspecified atom stereocenters. The van der Waals surface area contributed by atoms with E-state index in [1.165, 1.54) is 22.7 Å². The van der Waals surface area contributed by atoms with Gasteiger partial charge in [-0.05, 0) is 50.2 Å². The van der Waals surface area contributed by atoms with E-state index in [0.717, 1.165) is 49.7 Å². The SMILES string of the molecule is CC(C)N(CCC(=O)N1CCC(Cc2ccccc2)CC1)c1nc(Cc2ccccc2)ns1. The van der Waals surface area contributed by atoms with E-state index in [4.69, 9.17) is 4.98 Å². The lowest BCUT2D eigenvalue weighted by Gasteiger charge is -2.33. The molecule has 1 aliphatic heterocycles. The second kappa shape index (κ2) is 11.4. The first-order chi connectivity index (χ1) is 16.1. The van der Waals surface area contributed by atoms with E-state index < -0.39 is 0 Å². The third kappa shape index (κ3) is 6.64. The Hall–Kier alpha value is -2.73. The van der Waals surface area contributed by atoms with Crippen LogP contribution in [0.1, 0.15) is 50.1 Å². The smallest absolute Gasteiger partial charge is 0.224 e. The van der Waals surface area contributed by atoms with E-state index in [2.05, 4.69) is 70.5 Å². The molecule has 3 aromatic rings. The van der Waals surface area contributed by atoms with Crippen molar-refractivity contribution in [1.29, 1.82) is 0 Å². The molecule has 0 atom stereocenters. The van der Waals surface area contributed by atoms with Crippen molar-refractivity contribution in [3.05, 3.63) is 77.6 Å². The average molecular weight is 463 g/mol. The van der Waals surface area contributed by atoms with Crippen LogP contribution in [0.5, 0.6) is 0 Å². The van der Waals surface area contributed by atoms with Gasteiger partial charge < -0.3 is 9.80 Å². The van der Waals surface area contributed by atoms with Gasteiger partial charge in [-0.25, -0.2) is 4.98 Å². The van der Waals surface area contributed by atoms with E-state index >= 15 is 0 Å². The van der Waals surface area contributed by atoms with Gasteiger partial charge in [0.25, 0.3) is 0 Å². The van der Waals surface area contributed by atoms with E-state index in [9.17, 15) is 4.79 Å². The second-order valence-corrected chi connectivity index (χ2v) is 9.94. The van der Waals surface area contributed by atoms with Gasteiger partial charge >= 0.3 is 0 Å². The predicted octanol–water partition coefficient (Wildman–Crippen LogP) is 5.22. The minimum atomic E-state index is 0.257. The summed E-state index contributed by atoms with van der Waals surface area (Å²) in [4.78, 5) is 22.0. The van der Waals surface area contributed by atoms with E-state index in [1.807, 2.05) is 18.2 Å². The molecule has 5 nitrogen and oxygen atoms in total. The Morgan fingerprint density at radius 1 is 1.03 bits per heavy atom. The number of likely N-dealkylation sites (tertiary alicyclic amines) is 1. The molecule has 0 aliphatic carbocycles. The normalized spacial score (nSPS) is 14.6. The first-order valence-electron chi connectivity index (χ1n) is 12.0. The van der Waals surface area contributed by atoms with Gasteiger partial charge in [0.15, 0.2) is 0 Å². The zero-order valence-corrected chi connectivity index (χ0v) is 20.5. The molecule has 1 amide bonds. The topological polar surface area (TPSA) is 49.3 Å². The summed E-state index contributed by atoms with van der Waals surface area (Å²) in [5, 5.41) is 0.908. The number of rotatable bonds is 9. The minimum Gasteiger partial charge on any atom is -0.344 e. The van der Waals surface area contributed by atoms with Crippen LogP contribution in [0, 0.1) is 5.92 Å². The lowest BCUT2D eigenvalue weighted by atomic mass is 9.90. The molecular weight excluding hydrogens is 428 g/mol. The fraction of sp³-hybridized carbons (Fsp3) is 0.444. The number of carbonyl (C=O) groups excluding carboxylic acids is 1. The highest BCUT2D eigenvalue weighted by Gasteiger charge is 2.24. The monoisotopic (exact) mass is 462 g/mol. The Kier molecular flexibility index (Phi) is 8.10. The summed E-state index contributed by atoms with van der Waals surface area (Å²) in [6, 6.07) is 21.3. The van der Waals surface area contributed by atoms with Crippen molar-refractivity contribution in [1.82, 2.24) is 14.3 Å². The number of hydrogen-bond acceptors (Lipinski definition) is 5. The third-order valence-electron chi connectivity index (χ3n) is 6.43. The molecule has 0 saturated carbocycles. The molecular formula is C27H34N4OS. The van der Waals surface area contributed by atoms with Crippen LogP contribution in [0.25, 0.3) is 0 Å². The number of benzene rings is 2. The predicted molar refractivity (Wildman–Crippen MR) is 136 cm³/mol. The van der Waals surface area contributed by atoms with Crippen LogP contribution in [0.15, 0.2) is 60.7 Å². The van der Waals surface area contributed by atoms with Crippen LogP contribution in [0.2, 0.25) is 0 Å².